The van der Waals surface area contributed by atoms with Crippen LogP contribution < -0.4 is 51.4 Å². The molecular weight excluding hydrogens is 146 g/mol. The minimum absolute atomic E-state index is 0. The Morgan fingerprint density at radius 3 is 2.33 bits per heavy atom. The van der Waals surface area contributed by atoms with Crippen molar-refractivity contribution in [3.63, 3.8) is 0 Å². The largest absolute Gasteiger partial charge is 1.00 e. The topological polar surface area (TPSA) is 17.8 Å². The minimum atomic E-state index is -0.306. The van der Waals surface area contributed by atoms with Crippen LogP contribution in [0.1, 0.15) is 0 Å². The Hall–Kier alpha value is 0.776. The monoisotopic (exact) mass is 154 g/mol. The van der Waals surface area contributed by atoms with Crippen molar-refractivity contribution in [3.05, 3.63) is 25.6 Å². The van der Waals surface area contributed by atoms with Gasteiger partial charge in [-0.15, -0.1) is 0 Å². The summed E-state index contributed by atoms with van der Waals surface area (Å²) in [5, 5.41) is 3.56. The number of rotatable bonds is 0. The Kier molecular flexibility index (Phi) is 7.68. The number of aromatic nitrogens is 2. The second-order valence-electron chi connectivity index (χ2n) is 1.28. The van der Waals surface area contributed by atoms with E-state index >= 15 is 0 Å². The van der Waals surface area contributed by atoms with Gasteiger partial charge in [0, 0.05) is 13.1 Å². The molecule has 0 radical (unpaired) electrons. The second-order valence-corrected chi connectivity index (χ2v) is 1.28. The SMILES string of the molecule is Cn1nccc1F.[CH3-].[K+]. The molecule has 0 atom stereocenters. The van der Waals surface area contributed by atoms with Crippen molar-refractivity contribution in [3.8, 4) is 0 Å². The summed E-state index contributed by atoms with van der Waals surface area (Å²) >= 11 is 0. The third-order valence-corrected chi connectivity index (χ3v) is 0.761. The number of nitrogens with zero attached hydrogens (tertiary/aromatic N) is 2. The van der Waals surface area contributed by atoms with E-state index < -0.39 is 0 Å². The number of hydrogen-bond donors (Lipinski definition) is 0. The van der Waals surface area contributed by atoms with Crippen LogP contribution in [-0.4, -0.2) is 9.78 Å². The van der Waals surface area contributed by atoms with Crippen LogP contribution >= 0.6 is 0 Å². The molecular formula is C5H8FKN2. The summed E-state index contributed by atoms with van der Waals surface area (Å²) in [4.78, 5) is 0. The van der Waals surface area contributed by atoms with Crippen molar-refractivity contribution in [2.75, 3.05) is 0 Å². The molecule has 0 unspecified atom stereocenters. The quantitative estimate of drug-likeness (QED) is 0.312. The van der Waals surface area contributed by atoms with Gasteiger partial charge in [-0.05, 0) is 0 Å². The van der Waals surface area contributed by atoms with Gasteiger partial charge in [0.1, 0.15) is 0 Å². The average Bonchev–Trinajstić information content (AvgIpc) is 1.91. The first kappa shape index (κ1) is 12.5. The molecule has 1 heterocycles. The van der Waals surface area contributed by atoms with Crippen molar-refractivity contribution in [1.29, 1.82) is 0 Å². The summed E-state index contributed by atoms with van der Waals surface area (Å²) in [5.41, 5.74) is 0. The van der Waals surface area contributed by atoms with Crippen molar-refractivity contribution in [2.45, 2.75) is 0 Å². The molecule has 0 aromatic carbocycles. The van der Waals surface area contributed by atoms with Gasteiger partial charge in [0.15, 0.2) is 0 Å². The zero-order valence-electron chi connectivity index (χ0n) is 5.93. The molecule has 0 N–H and O–H groups in total. The minimum Gasteiger partial charge on any atom is -0.358 e. The standard InChI is InChI=1S/C4H5FN2.CH3.K/c1-7-4(5)2-3-6-7;;/h2-3H,1H3;1H3;/q;-1;+1. The Morgan fingerprint density at radius 2 is 2.22 bits per heavy atom. The predicted molar refractivity (Wildman–Crippen MR) is 29.6 cm³/mol. The summed E-state index contributed by atoms with van der Waals surface area (Å²) in [6.45, 7) is 0. The zero-order chi connectivity index (χ0) is 5.28. The maximum Gasteiger partial charge on any atom is 1.00 e. The van der Waals surface area contributed by atoms with E-state index in [0.29, 0.717) is 0 Å². The van der Waals surface area contributed by atoms with Gasteiger partial charge in [-0.1, -0.05) is 0 Å². The van der Waals surface area contributed by atoms with Crippen LogP contribution in [0.2, 0.25) is 0 Å². The molecule has 0 saturated heterocycles. The van der Waals surface area contributed by atoms with Crippen LogP contribution in [0.25, 0.3) is 0 Å². The third-order valence-electron chi connectivity index (χ3n) is 0.761. The van der Waals surface area contributed by atoms with Crippen LogP contribution in [-0.2, 0) is 7.05 Å². The van der Waals surface area contributed by atoms with Crippen LogP contribution in [0, 0.1) is 13.4 Å². The van der Waals surface area contributed by atoms with Crippen molar-refractivity contribution < 1.29 is 55.8 Å². The van der Waals surface area contributed by atoms with E-state index in [1.165, 1.54) is 16.9 Å². The molecule has 1 rings (SSSR count). The van der Waals surface area contributed by atoms with E-state index in [4.69, 9.17) is 0 Å². The maximum absolute atomic E-state index is 12.0. The molecule has 4 heteroatoms. The fraction of sp³-hybridized carbons (Fsp3) is 0.200. The van der Waals surface area contributed by atoms with Crippen LogP contribution in [0.5, 0.6) is 0 Å². The molecule has 0 aliphatic heterocycles. The summed E-state index contributed by atoms with van der Waals surface area (Å²) < 4.78 is 13.1. The molecule has 1 aromatic rings. The average molecular weight is 154 g/mol. The molecule has 0 spiro atoms. The Bertz CT molecular complexity index is 147. The Morgan fingerprint density at radius 1 is 1.67 bits per heavy atom. The van der Waals surface area contributed by atoms with Crippen molar-refractivity contribution in [2.24, 2.45) is 7.05 Å². The summed E-state index contributed by atoms with van der Waals surface area (Å²) in [6.07, 6.45) is 1.41. The zero-order valence-corrected chi connectivity index (χ0v) is 9.05. The van der Waals surface area contributed by atoms with Gasteiger partial charge in [-0.2, -0.15) is 9.49 Å². The first-order valence-electron chi connectivity index (χ1n) is 1.94. The van der Waals surface area contributed by atoms with Gasteiger partial charge in [-0.3, -0.25) is 0 Å². The number of hydrogen-bond acceptors (Lipinski definition) is 1. The van der Waals surface area contributed by atoms with E-state index in [2.05, 4.69) is 5.10 Å². The van der Waals surface area contributed by atoms with E-state index in [0.717, 1.165) is 0 Å². The van der Waals surface area contributed by atoms with Gasteiger partial charge < -0.3 is 7.43 Å². The molecule has 0 saturated carbocycles. The summed E-state index contributed by atoms with van der Waals surface area (Å²) in [7, 11) is 1.55. The summed E-state index contributed by atoms with van der Waals surface area (Å²) in [6, 6.07) is 1.31. The molecule has 1 aromatic heterocycles. The van der Waals surface area contributed by atoms with Gasteiger partial charge in [0.05, 0.1) is 6.20 Å². The molecule has 0 aliphatic carbocycles. The third kappa shape index (κ3) is 3.47. The summed E-state index contributed by atoms with van der Waals surface area (Å²) in [5.74, 6) is -0.306. The van der Waals surface area contributed by atoms with Gasteiger partial charge in [0.2, 0.25) is 5.95 Å². The molecule has 2 nitrogen and oxygen atoms in total. The first-order chi connectivity index (χ1) is 3.30. The normalized spacial score (nSPS) is 7.33. The van der Waals surface area contributed by atoms with E-state index in [-0.39, 0.29) is 64.8 Å². The van der Waals surface area contributed by atoms with E-state index in [1.54, 1.807) is 7.05 Å². The molecule has 0 amide bonds. The van der Waals surface area contributed by atoms with Crippen LogP contribution in [0.15, 0.2) is 12.3 Å². The van der Waals surface area contributed by atoms with Gasteiger partial charge in [0.25, 0.3) is 0 Å². The van der Waals surface area contributed by atoms with Crippen molar-refractivity contribution >= 4 is 0 Å². The predicted octanol–water partition coefficient (Wildman–Crippen LogP) is -1.99. The van der Waals surface area contributed by atoms with E-state index in [1.807, 2.05) is 0 Å². The van der Waals surface area contributed by atoms with E-state index in [9.17, 15) is 4.39 Å². The molecule has 0 fully saturated rings. The Labute approximate surface area is 96.9 Å². The Balaban J connectivity index is 0. The fourth-order valence-corrected chi connectivity index (χ4v) is 0.358. The second kappa shape index (κ2) is 5.55. The first-order valence-corrected chi connectivity index (χ1v) is 1.94. The smallest absolute Gasteiger partial charge is 0.358 e. The maximum atomic E-state index is 12.0. The molecule has 9 heavy (non-hydrogen) atoms. The van der Waals surface area contributed by atoms with Gasteiger partial charge >= 0.3 is 51.4 Å². The molecule has 0 bridgehead atoms. The van der Waals surface area contributed by atoms with Gasteiger partial charge in [-0.25, -0.2) is 4.68 Å². The van der Waals surface area contributed by atoms with Crippen LogP contribution in [0.4, 0.5) is 4.39 Å². The molecule has 46 valence electrons. The number of aryl methyl sites for hydroxylation is 1. The fourth-order valence-electron chi connectivity index (χ4n) is 0.358. The number of halogens is 1. The van der Waals surface area contributed by atoms with Crippen LogP contribution in [0.3, 0.4) is 0 Å². The van der Waals surface area contributed by atoms with Crippen molar-refractivity contribution in [1.82, 2.24) is 9.78 Å². The molecule has 0 aliphatic rings.